The van der Waals surface area contributed by atoms with E-state index in [2.05, 4.69) is 20.2 Å². The highest BCUT2D eigenvalue weighted by Gasteiger charge is 2.15. The topological polar surface area (TPSA) is 84.0 Å². The van der Waals surface area contributed by atoms with E-state index < -0.39 is 15.8 Å². The van der Waals surface area contributed by atoms with Gasteiger partial charge in [-0.15, -0.1) is 10.2 Å². The van der Waals surface area contributed by atoms with Crippen molar-refractivity contribution in [2.45, 2.75) is 18.4 Å². The molecule has 0 aliphatic rings. The molecule has 1 aromatic heterocycles. The number of benzene rings is 2. The second kappa shape index (κ2) is 7.49. The summed E-state index contributed by atoms with van der Waals surface area (Å²) >= 11 is 0. The van der Waals surface area contributed by atoms with Crippen LogP contribution in [0.2, 0.25) is 0 Å². The van der Waals surface area contributed by atoms with Gasteiger partial charge >= 0.3 is 0 Å². The smallest absolute Gasteiger partial charge is 0.263 e. The van der Waals surface area contributed by atoms with Crippen molar-refractivity contribution in [2.75, 3.05) is 10.0 Å². The number of aromatic nitrogens is 2. The van der Waals surface area contributed by atoms with Crippen LogP contribution >= 0.6 is 0 Å². The molecule has 0 atom stereocenters. The second-order valence-electron chi connectivity index (χ2n) is 5.70. The molecular weight excluding hydrogens is 355 g/mol. The Labute approximate surface area is 151 Å². The van der Waals surface area contributed by atoms with Crippen LogP contribution in [0.25, 0.3) is 0 Å². The molecule has 0 saturated carbocycles. The van der Waals surface area contributed by atoms with Gasteiger partial charge in [0.1, 0.15) is 11.6 Å². The Balaban J connectivity index is 1.63. The van der Waals surface area contributed by atoms with Crippen molar-refractivity contribution in [1.82, 2.24) is 10.2 Å². The van der Waals surface area contributed by atoms with Gasteiger partial charge in [0.2, 0.25) is 0 Å². The van der Waals surface area contributed by atoms with E-state index in [1.165, 1.54) is 23.8 Å². The van der Waals surface area contributed by atoms with Crippen molar-refractivity contribution in [3.05, 3.63) is 77.6 Å². The van der Waals surface area contributed by atoms with Crippen molar-refractivity contribution in [3.8, 4) is 0 Å². The number of hydrogen-bond donors (Lipinski definition) is 2. The predicted octanol–water partition coefficient (Wildman–Crippen LogP) is 3.34. The van der Waals surface area contributed by atoms with E-state index in [0.717, 1.165) is 17.7 Å². The van der Waals surface area contributed by atoms with E-state index in [1.54, 1.807) is 6.07 Å². The normalized spacial score (nSPS) is 11.2. The molecule has 0 aliphatic heterocycles. The first-order valence-corrected chi connectivity index (χ1v) is 9.32. The number of sulfonamides is 1. The van der Waals surface area contributed by atoms with E-state index >= 15 is 0 Å². The fourth-order valence-corrected chi connectivity index (χ4v) is 3.19. The average Bonchev–Trinajstić information content (AvgIpc) is 2.62. The van der Waals surface area contributed by atoms with E-state index in [9.17, 15) is 12.8 Å². The number of anilines is 2. The van der Waals surface area contributed by atoms with Crippen LogP contribution < -0.4 is 10.0 Å². The number of nitrogens with one attached hydrogen (secondary N) is 2. The van der Waals surface area contributed by atoms with E-state index in [4.69, 9.17) is 0 Å². The summed E-state index contributed by atoms with van der Waals surface area (Å²) < 4.78 is 39.7. The molecule has 6 nitrogen and oxygen atoms in total. The van der Waals surface area contributed by atoms with Crippen LogP contribution in [-0.4, -0.2) is 18.6 Å². The minimum absolute atomic E-state index is 0.0535. The van der Waals surface area contributed by atoms with Gasteiger partial charge in [0.15, 0.2) is 5.82 Å². The fraction of sp³-hybridized carbons (Fsp3) is 0.111. The summed E-state index contributed by atoms with van der Waals surface area (Å²) in [6.45, 7) is 2.60. The maximum Gasteiger partial charge on any atom is 0.263 e. The molecule has 0 bridgehead atoms. The lowest BCUT2D eigenvalue weighted by Crippen LogP contribution is -2.14. The molecule has 0 spiro atoms. The molecular formula is C18H17FN4O2S. The summed E-state index contributed by atoms with van der Waals surface area (Å²) in [5.74, 6) is 0.0956. The molecule has 26 heavy (non-hydrogen) atoms. The van der Waals surface area contributed by atoms with Crippen molar-refractivity contribution in [3.63, 3.8) is 0 Å². The summed E-state index contributed by atoms with van der Waals surface area (Å²) in [4.78, 5) is -0.0535. The molecule has 2 aromatic carbocycles. The molecule has 0 saturated heterocycles. The van der Waals surface area contributed by atoms with Crippen LogP contribution in [-0.2, 0) is 16.6 Å². The third-order valence-corrected chi connectivity index (χ3v) is 4.99. The summed E-state index contributed by atoms with van der Waals surface area (Å²) in [5, 5.41) is 10.9. The average molecular weight is 372 g/mol. The first-order chi connectivity index (χ1) is 12.4. The largest absolute Gasteiger partial charge is 0.365 e. The summed E-state index contributed by atoms with van der Waals surface area (Å²) in [6.07, 6.45) is 0. The van der Waals surface area contributed by atoms with Crippen LogP contribution in [0.5, 0.6) is 0 Å². The van der Waals surface area contributed by atoms with Crippen molar-refractivity contribution >= 4 is 21.7 Å². The van der Waals surface area contributed by atoms with Crippen molar-refractivity contribution in [1.29, 1.82) is 0 Å². The van der Waals surface area contributed by atoms with Gasteiger partial charge in [-0.1, -0.05) is 29.8 Å². The van der Waals surface area contributed by atoms with Crippen LogP contribution in [0.1, 0.15) is 11.1 Å². The number of nitrogens with zero attached hydrogens (tertiary/aromatic N) is 2. The number of aryl methyl sites for hydroxylation is 1. The molecule has 0 fully saturated rings. The van der Waals surface area contributed by atoms with Gasteiger partial charge in [-0.3, -0.25) is 4.72 Å². The maximum absolute atomic E-state index is 12.9. The minimum Gasteiger partial charge on any atom is -0.365 e. The number of rotatable bonds is 6. The Morgan fingerprint density at radius 2 is 1.50 bits per heavy atom. The predicted molar refractivity (Wildman–Crippen MR) is 97.7 cm³/mol. The zero-order valence-electron chi connectivity index (χ0n) is 14.0. The van der Waals surface area contributed by atoms with Gasteiger partial charge in [-0.05, 0) is 48.9 Å². The first-order valence-electron chi connectivity index (χ1n) is 7.84. The van der Waals surface area contributed by atoms with Gasteiger partial charge < -0.3 is 5.32 Å². The quantitative estimate of drug-likeness (QED) is 0.693. The minimum atomic E-state index is -3.84. The van der Waals surface area contributed by atoms with Crippen LogP contribution in [0.4, 0.5) is 16.0 Å². The lowest BCUT2D eigenvalue weighted by atomic mass is 10.1. The molecule has 0 amide bonds. The van der Waals surface area contributed by atoms with Crippen molar-refractivity contribution in [2.24, 2.45) is 0 Å². The third kappa shape index (κ3) is 4.54. The Bertz CT molecular complexity index is 973. The molecule has 2 N–H and O–H groups in total. The third-order valence-electron chi connectivity index (χ3n) is 3.62. The lowest BCUT2D eigenvalue weighted by Gasteiger charge is -2.08. The molecule has 0 aliphatic carbocycles. The molecule has 3 rings (SSSR count). The highest BCUT2D eigenvalue weighted by molar-refractivity contribution is 7.92. The molecule has 8 heteroatoms. The monoisotopic (exact) mass is 372 g/mol. The molecule has 0 radical (unpaired) electrons. The molecule has 3 aromatic rings. The van der Waals surface area contributed by atoms with Crippen molar-refractivity contribution < 1.29 is 12.8 Å². The highest BCUT2D eigenvalue weighted by atomic mass is 32.2. The van der Waals surface area contributed by atoms with E-state index in [-0.39, 0.29) is 10.7 Å². The standard InChI is InChI=1S/C18H17FN4O2S/c1-13-2-4-14(5-3-13)12-20-17-10-11-18(22-21-17)23-26(24,25)16-8-6-15(19)7-9-16/h2-11H,12H2,1H3,(H,20,21)(H,22,23). The highest BCUT2D eigenvalue weighted by Crippen LogP contribution is 2.15. The molecule has 134 valence electrons. The second-order valence-corrected chi connectivity index (χ2v) is 7.38. The van der Waals surface area contributed by atoms with E-state index in [0.29, 0.717) is 12.4 Å². The zero-order valence-corrected chi connectivity index (χ0v) is 14.8. The van der Waals surface area contributed by atoms with Gasteiger partial charge in [-0.25, -0.2) is 12.8 Å². The molecule has 0 unspecified atom stereocenters. The lowest BCUT2D eigenvalue weighted by molar-refractivity contribution is 0.599. The zero-order chi connectivity index (χ0) is 18.6. The van der Waals surface area contributed by atoms with Gasteiger partial charge in [-0.2, -0.15) is 0 Å². The Morgan fingerprint density at radius 3 is 2.12 bits per heavy atom. The fourth-order valence-electron chi connectivity index (χ4n) is 2.19. The number of halogens is 1. The van der Waals surface area contributed by atoms with Crippen LogP contribution in [0.15, 0.2) is 65.6 Å². The van der Waals surface area contributed by atoms with Gasteiger partial charge in [0.25, 0.3) is 10.0 Å². The molecule has 1 heterocycles. The van der Waals surface area contributed by atoms with E-state index in [1.807, 2.05) is 31.2 Å². The Morgan fingerprint density at radius 1 is 0.885 bits per heavy atom. The summed E-state index contributed by atoms with van der Waals surface area (Å²) in [6, 6.07) is 15.7. The maximum atomic E-state index is 12.9. The van der Waals surface area contributed by atoms with Crippen LogP contribution in [0, 0.1) is 12.7 Å². The first kappa shape index (κ1) is 17.8. The Kier molecular flexibility index (Phi) is 5.13. The number of hydrogen-bond acceptors (Lipinski definition) is 5. The SMILES string of the molecule is Cc1ccc(CNc2ccc(NS(=O)(=O)c3ccc(F)cc3)nn2)cc1. The van der Waals surface area contributed by atoms with Gasteiger partial charge in [0, 0.05) is 6.54 Å². The summed E-state index contributed by atoms with van der Waals surface area (Å²) in [5.41, 5.74) is 2.28. The van der Waals surface area contributed by atoms with Crippen LogP contribution in [0.3, 0.4) is 0 Å². The van der Waals surface area contributed by atoms with Gasteiger partial charge in [0.05, 0.1) is 4.90 Å². The summed E-state index contributed by atoms with van der Waals surface area (Å²) in [7, 11) is -3.84. The Hall–Kier alpha value is -3.00.